The van der Waals surface area contributed by atoms with Crippen LogP contribution < -0.4 is 5.32 Å². The monoisotopic (exact) mass is 373 g/mol. The Labute approximate surface area is 152 Å². The summed E-state index contributed by atoms with van der Waals surface area (Å²) < 4.78 is 13.9. The third-order valence-corrected chi connectivity index (χ3v) is 5.82. The zero-order valence-electron chi connectivity index (χ0n) is 13.9. The number of allylic oxidation sites excluding steroid dienone is 2. The Morgan fingerprint density at radius 2 is 1.92 bits per heavy atom. The Morgan fingerprint density at radius 1 is 1.27 bits per heavy atom. The molecule has 0 spiro atoms. The molecule has 8 heteroatoms. The minimum atomic E-state index is -0.927. The second-order valence-electron chi connectivity index (χ2n) is 6.50. The molecule has 4 rings (SSSR count). The van der Waals surface area contributed by atoms with Gasteiger partial charge < -0.3 is 5.32 Å². The van der Waals surface area contributed by atoms with Gasteiger partial charge in [0.15, 0.2) is 5.13 Å². The lowest BCUT2D eigenvalue weighted by Gasteiger charge is -2.21. The largest absolute Gasteiger partial charge is 0.300 e. The van der Waals surface area contributed by atoms with E-state index in [0.29, 0.717) is 28.2 Å². The van der Waals surface area contributed by atoms with E-state index in [1.54, 1.807) is 0 Å². The molecule has 2 heterocycles. The van der Waals surface area contributed by atoms with Crippen molar-refractivity contribution < 1.29 is 18.8 Å². The first-order valence-electron chi connectivity index (χ1n) is 8.34. The number of nitrogens with one attached hydrogen (secondary N) is 1. The van der Waals surface area contributed by atoms with Gasteiger partial charge in [0, 0.05) is 0 Å². The fourth-order valence-corrected chi connectivity index (χ4v) is 4.38. The van der Waals surface area contributed by atoms with Crippen LogP contribution in [-0.4, -0.2) is 33.6 Å². The van der Waals surface area contributed by atoms with Crippen molar-refractivity contribution in [1.29, 1.82) is 0 Å². The molecule has 0 radical (unpaired) electrons. The first-order chi connectivity index (χ1) is 12.5. The van der Waals surface area contributed by atoms with Crippen LogP contribution in [0.15, 0.2) is 30.4 Å². The molecule has 6 nitrogen and oxygen atoms in total. The number of benzene rings is 1. The van der Waals surface area contributed by atoms with Crippen LogP contribution in [0.25, 0.3) is 10.2 Å². The summed E-state index contributed by atoms with van der Waals surface area (Å²) in [5.41, 5.74) is 0.574. The zero-order valence-corrected chi connectivity index (χ0v) is 14.8. The molecule has 3 atom stereocenters. The van der Waals surface area contributed by atoms with E-state index in [1.165, 1.54) is 25.1 Å². The second-order valence-corrected chi connectivity index (χ2v) is 7.53. The molecule has 1 N–H and O–H groups in total. The quantitative estimate of drug-likeness (QED) is 0.663. The predicted octanol–water partition coefficient (Wildman–Crippen LogP) is 2.71. The Morgan fingerprint density at radius 3 is 2.58 bits per heavy atom. The van der Waals surface area contributed by atoms with Gasteiger partial charge in [0.1, 0.15) is 11.9 Å². The minimum absolute atomic E-state index is 0.293. The SMILES string of the molecule is C[C@H](C(=O)Nc1nc2ccc(F)cc2s1)N1C(=O)[C@H]2CC=CC[C@H]2C1=O. The van der Waals surface area contributed by atoms with Crippen LogP contribution in [0.1, 0.15) is 19.8 Å². The van der Waals surface area contributed by atoms with Gasteiger partial charge in [-0.1, -0.05) is 23.5 Å². The lowest BCUT2D eigenvalue weighted by atomic mass is 9.85. The molecule has 1 saturated heterocycles. The number of aromatic nitrogens is 1. The number of amides is 3. The maximum atomic E-state index is 13.3. The van der Waals surface area contributed by atoms with Gasteiger partial charge in [0.05, 0.1) is 22.1 Å². The Hall–Kier alpha value is -2.61. The summed E-state index contributed by atoms with van der Waals surface area (Å²) in [7, 11) is 0. The van der Waals surface area contributed by atoms with Crippen molar-refractivity contribution in [2.75, 3.05) is 5.32 Å². The van der Waals surface area contributed by atoms with E-state index >= 15 is 0 Å². The number of anilines is 1. The molecule has 134 valence electrons. The van der Waals surface area contributed by atoms with Gasteiger partial charge in [-0.05, 0) is 38.0 Å². The smallest absolute Gasteiger partial charge is 0.249 e. The van der Waals surface area contributed by atoms with Crippen molar-refractivity contribution in [3.8, 4) is 0 Å². The number of nitrogens with zero attached hydrogens (tertiary/aromatic N) is 2. The minimum Gasteiger partial charge on any atom is -0.300 e. The lowest BCUT2D eigenvalue weighted by molar-refractivity contribution is -0.146. The highest BCUT2D eigenvalue weighted by Crippen LogP contribution is 2.36. The summed E-state index contributed by atoms with van der Waals surface area (Å²) in [6.45, 7) is 1.53. The standard InChI is InChI=1S/C18H16FN3O3S/c1-9(22-16(24)11-4-2-3-5-12(11)17(22)25)15(23)21-18-20-13-7-6-10(19)8-14(13)26-18/h2-3,6-9,11-12H,4-5H2,1H3,(H,20,21,23)/t9-,11-,12+/m1/s1. The van der Waals surface area contributed by atoms with E-state index < -0.39 is 11.9 Å². The maximum absolute atomic E-state index is 13.3. The molecule has 2 aromatic rings. The van der Waals surface area contributed by atoms with Crippen molar-refractivity contribution in [2.45, 2.75) is 25.8 Å². The molecule has 1 aliphatic carbocycles. The van der Waals surface area contributed by atoms with Crippen LogP contribution in [0.5, 0.6) is 0 Å². The normalized spacial score (nSPS) is 23.4. The first kappa shape index (κ1) is 16.8. The van der Waals surface area contributed by atoms with Crippen molar-refractivity contribution in [2.24, 2.45) is 11.8 Å². The number of hydrogen-bond acceptors (Lipinski definition) is 5. The average Bonchev–Trinajstić information content (AvgIpc) is 3.13. The summed E-state index contributed by atoms with van der Waals surface area (Å²) in [4.78, 5) is 43.0. The Kier molecular flexibility index (Phi) is 4.07. The highest BCUT2D eigenvalue weighted by atomic mass is 32.1. The Balaban J connectivity index is 1.52. The molecular weight excluding hydrogens is 357 g/mol. The van der Waals surface area contributed by atoms with Gasteiger partial charge >= 0.3 is 0 Å². The van der Waals surface area contributed by atoms with Crippen LogP contribution in [-0.2, 0) is 14.4 Å². The van der Waals surface area contributed by atoms with Gasteiger partial charge in [-0.15, -0.1) is 0 Å². The van der Waals surface area contributed by atoms with E-state index in [4.69, 9.17) is 0 Å². The van der Waals surface area contributed by atoms with E-state index in [-0.39, 0.29) is 29.5 Å². The summed E-state index contributed by atoms with van der Waals surface area (Å²) in [5.74, 6) is -2.19. The van der Waals surface area contributed by atoms with Crippen molar-refractivity contribution in [1.82, 2.24) is 9.88 Å². The molecule has 0 saturated carbocycles. The van der Waals surface area contributed by atoms with E-state index in [1.807, 2.05) is 12.2 Å². The molecular formula is C18H16FN3O3S. The fraction of sp³-hybridized carbons (Fsp3) is 0.333. The van der Waals surface area contributed by atoms with Crippen LogP contribution in [0.2, 0.25) is 0 Å². The molecule has 3 amide bonds. The lowest BCUT2D eigenvalue weighted by Crippen LogP contribution is -2.46. The van der Waals surface area contributed by atoms with Gasteiger partial charge in [0.2, 0.25) is 17.7 Å². The molecule has 1 fully saturated rings. The molecule has 1 aromatic carbocycles. The van der Waals surface area contributed by atoms with Crippen molar-refractivity contribution in [3.05, 3.63) is 36.2 Å². The summed E-state index contributed by atoms with van der Waals surface area (Å²) in [6, 6.07) is 3.25. The topological polar surface area (TPSA) is 79.4 Å². The number of thiazole rings is 1. The average molecular weight is 373 g/mol. The summed E-state index contributed by atoms with van der Waals surface area (Å²) in [5, 5.41) is 2.94. The van der Waals surface area contributed by atoms with Gasteiger partial charge in [-0.3, -0.25) is 19.3 Å². The number of fused-ring (bicyclic) bond motifs is 2. The highest BCUT2D eigenvalue weighted by molar-refractivity contribution is 7.22. The van der Waals surface area contributed by atoms with Crippen LogP contribution in [0, 0.1) is 17.7 Å². The third kappa shape index (κ3) is 2.70. The number of halogens is 1. The Bertz CT molecular complexity index is 928. The molecule has 26 heavy (non-hydrogen) atoms. The fourth-order valence-electron chi connectivity index (χ4n) is 3.49. The van der Waals surface area contributed by atoms with Crippen molar-refractivity contribution in [3.63, 3.8) is 0 Å². The van der Waals surface area contributed by atoms with Crippen molar-refractivity contribution >= 4 is 44.4 Å². The number of likely N-dealkylation sites (tertiary alicyclic amines) is 1. The van der Waals surface area contributed by atoms with Crippen LogP contribution in [0.3, 0.4) is 0 Å². The predicted molar refractivity (Wildman–Crippen MR) is 94.9 cm³/mol. The highest BCUT2D eigenvalue weighted by Gasteiger charge is 2.50. The third-order valence-electron chi connectivity index (χ3n) is 4.89. The van der Waals surface area contributed by atoms with Crippen LogP contribution >= 0.6 is 11.3 Å². The molecule has 2 aliphatic rings. The number of rotatable bonds is 3. The zero-order chi connectivity index (χ0) is 18.4. The number of hydrogen-bond donors (Lipinski definition) is 1. The van der Waals surface area contributed by atoms with Crippen LogP contribution in [0.4, 0.5) is 9.52 Å². The second kappa shape index (κ2) is 6.28. The molecule has 1 aliphatic heterocycles. The van der Waals surface area contributed by atoms with E-state index in [9.17, 15) is 18.8 Å². The van der Waals surface area contributed by atoms with E-state index in [2.05, 4.69) is 10.3 Å². The van der Waals surface area contributed by atoms with Gasteiger partial charge in [-0.2, -0.15) is 0 Å². The molecule has 1 aromatic heterocycles. The number of carbonyl (C=O) groups is 3. The number of imide groups is 1. The molecule has 0 unspecified atom stereocenters. The summed E-state index contributed by atoms with van der Waals surface area (Å²) in [6.07, 6.45) is 4.87. The maximum Gasteiger partial charge on any atom is 0.249 e. The van der Waals surface area contributed by atoms with E-state index in [0.717, 1.165) is 16.2 Å². The van der Waals surface area contributed by atoms with Gasteiger partial charge in [0.25, 0.3) is 0 Å². The molecule has 0 bridgehead atoms. The van der Waals surface area contributed by atoms with Gasteiger partial charge in [-0.25, -0.2) is 9.37 Å². The number of carbonyl (C=O) groups excluding carboxylic acids is 3. The first-order valence-corrected chi connectivity index (χ1v) is 9.16. The summed E-state index contributed by atoms with van der Waals surface area (Å²) >= 11 is 1.14.